The Hall–Kier alpha value is -1.82. The molecule has 0 aliphatic heterocycles. The van der Waals surface area contributed by atoms with Crippen molar-refractivity contribution in [2.75, 3.05) is 26.4 Å². The Morgan fingerprint density at radius 3 is 0.966 bits per heavy atom. The maximum Gasteiger partial charge on any atom is 0.330 e. The highest BCUT2D eigenvalue weighted by atomic mass is 16.4. The van der Waals surface area contributed by atoms with E-state index >= 15 is 0 Å². The van der Waals surface area contributed by atoms with E-state index in [9.17, 15) is 9.59 Å². The van der Waals surface area contributed by atoms with Crippen molar-refractivity contribution in [2.45, 2.75) is 51.7 Å². The van der Waals surface area contributed by atoms with Crippen molar-refractivity contribution in [3.05, 3.63) is 24.3 Å². The topological polar surface area (TPSA) is 196 Å². The number of aliphatic carboxylic acids is 2. The molecule has 0 bridgehead atoms. The average molecular weight is 424 g/mol. The summed E-state index contributed by atoms with van der Waals surface area (Å²) in [5.41, 5.74) is -0.759. The number of rotatable bonds is 6. The molecule has 29 heavy (non-hydrogen) atoms. The lowest BCUT2D eigenvalue weighted by molar-refractivity contribution is -0.133. The lowest BCUT2D eigenvalue weighted by atomic mass is 9.93. The zero-order valence-corrected chi connectivity index (χ0v) is 17.1. The van der Waals surface area contributed by atoms with Gasteiger partial charge in [-0.15, -0.1) is 0 Å². The van der Waals surface area contributed by atoms with Crippen LogP contribution in [0.4, 0.5) is 0 Å². The highest BCUT2D eigenvalue weighted by Crippen LogP contribution is 2.17. The molecule has 0 saturated heterocycles. The number of aliphatic hydroxyl groups excluding tert-OH is 6. The van der Waals surface area contributed by atoms with E-state index < -0.39 is 43.8 Å². The first kappa shape index (κ1) is 31.9. The van der Waals surface area contributed by atoms with Gasteiger partial charge in [-0.05, 0) is 39.5 Å². The molecular weight excluding hydrogens is 388 g/mol. The van der Waals surface area contributed by atoms with E-state index in [0.717, 1.165) is 25.7 Å². The van der Waals surface area contributed by atoms with Gasteiger partial charge in [0.25, 0.3) is 0 Å². The van der Waals surface area contributed by atoms with E-state index in [2.05, 4.69) is 13.2 Å². The summed E-state index contributed by atoms with van der Waals surface area (Å²) >= 11 is 0. The summed E-state index contributed by atoms with van der Waals surface area (Å²) in [7, 11) is 0. The number of carbonyl (C=O) groups is 2. The van der Waals surface area contributed by atoms with Crippen molar-refractivity contribution in [3.63, 3.8) is 0 Å². The van der Waals surface area contributed by atoms with Crippen molar-refractivity contribution in [1.82, 2.24) is 0 Å². The number of carboxylic acid groups (broad SMARTS) is 2. The van der Waals surface area contributed by atoms with Gasteiger partial charge in [-0.1, -0.05) is 13.2 Å². The van der Waals surface area contributed by atoms with Crippen LogP contribution in [0.15, 0.2) is 24.3 Å². The molecule has 1 rings (SSSR count). The molecule has 0 aromatic rings. The molecule has 0 radical (unpaired) electrons. The summed E-state index contributed by atoms with van der Waals surface area (Å²) < 4.78 is 0. The predicted molar refractivity (Wildman–Crippen MR) is 106 cm³/mol. The molecule has 1 aliphatic carbocycles. The first-order chi connectivity index (χ1) is 13.3. The minimum atomic E-state index is -1.11. The molecule has 0 unspecified atom stereocenters. The fourth-order valence-corrected chi connectivity index (χ4v) is 1.36. The lowest BCUT2D eigenvalue weighted by Crippen LogP contribution is -2.37. The van der Waals surface area contributed by atoms with Gasteiger partial charge < -0.3 is 40.9 Å². The van der Waals surface area contributed by atoms with Gasteiger partial charge in [0, 0.05) is 11.1 Å². The smallest absolute Gasteiger partial charge is 0.330 e. The molecule has 1 saturated carbocycles. The summed E-state index contributed by atoms with van der Waals surface area (Å²) in [5.74, 6) is -1.87. The second-order valence-electron chi connectivity index (χ2n) is 6.77. The number of carboxylic acids is 2. The summed E-state index contributed by atoms with van der Waals surface area (Å²) in [6.45, 7) is 7.58. The predicted octanol–water partition coefficient (Wildman–Crippen LogP) is -0.482. The van der Waals surface area contributed by atoms with Crippen molar-refractivity contribution >= 4 is 11.9 Å². The molecule has 172 valence electrons. The Morgan fingerprint density at radius 1 is 0.724 bits per heavy atom. The van der Waals surface area contributed by atoms with Crippen LogP contribution >= 0.6 is 0 Å². The summed E-state index contributed by atoms with van der Waals surface area (Å²) in [5, 5.41) is 67.6. The van der Waals surface area contributed by atoms with Crippen LogP contribution < -0.4 is 0 Å². The van der Waals surface area contributed by atoms with E-state index in [0.29, 0.717) is 0 Å². The van der Waals surface area contributed by atoms with E-state index in [1.807, 2.05) is 0 Å². The third-order valence-electron chi connectivity index (χ3n) is 3.74. The van der Waals surface area contributed by atoms with Crippen LogP contribution in [-0.2, 0) is 9.59 Å². The molecule has 0 atom stereocenters. The lowest BCUT2D eigenvalue weighted by Gasteiger charge is -2.23. The monoisotopic (exact) mass is 424 g/mol. The standard InChI is InChI=1S/C6H12O2.C5H12O4.2C4H6O2/c7-5-1-2-6(8)4-3-5;6-1-5(2-7,3-8)4-9;2*1-3(2)4(5)6/h5-8H,1-4H2;6-9H,1-4H2;2*1H2,2H3,(H,5,6). The molecule has 10 nitrogen and oxygen atoms in total. The highest BCUT2D eigenvalue weighted by molar-refractivity contribution is 5.85. The summed E-state index contributed by atoms with van der Waals surface area (Å²) in [6.07, 6.45) is 2.83. The largest absolute Gasteiger partial charge is 0.478 e. The van der Waals surface area contributed by atoms with Gasteiger partial charge in [-0.3, -0.25) is 0 Å². The van der Waals surface area contributed by atoms with E-state index in [-0.39, 0.29) is 23.4 Å². The fourth-order valence-electron chi connectivity index (χ4n) is 1.36. The maximum absolute atomic E-state index is 9.60. The minimum absolute atomic E-state index is 0.140. The summed E-state index contributed by atoms with van der Waals surface area (Å²) in [4.78, 5) is 19.2. The molecule has 0 spiro atoms. The molecule has 0 aromatic heterocycles. The molecule has 0 aromatic carbocycles. The average Bonchev–Trinajstić information content (AvgIpc) is 2.68. The molecule has 0 amide bonds. The molecule has 0 heterocycles. The Bertz CT molecular complexity index is 402. The van der Waals surface area contributed by atoms with Gasteiger partial charge in [-0.2, -0.15) is 0 Å². The van der Waals surface area contributed by atoms with Crippen molar-refractivity contribution in [1.29, 1.82) is 0 Å². The van der Waals surface area contributed by atoms with E-state index in [4.69, 9.17) is 40.9 Å². The van der Waals surface area contributed by atoms with Crippen molar-refractivity contribution < 1.29 is 50.4 Å². The third kappa shape index (κ3) is 19.3. The second kappa shape index (κ2) is 18.2. The highest BCUT2D eigenvalue weighted by Gasteiger charge is 2.26. The number of aliphatic hydroxyl groups is 6. The first-order valence-corrected chi connectivity index (χ1v) is 8.89. The third-order valence-corrected chi connectivity index (χ3v) is 3.74. The van der Waals surface area contributed by atoms with Crippen LogP contribution in [0.3, 0.4) is 0 Å². The Morgan fingerprint density at radius 2 is 0.897 bits per heavy atom. The van der Waals surface area contributed by atoms with Crippen LogP contribution in [0.1, 0.15) is 39.5 Å². The SMILES string of the molecule is C=C(C)C(=O)O.C=C(C)C(=O)O.OC1CCC(O)CC1.OCC(CO)(CO)CO. The maximum atomic E-state index is 9.60. The van der Waals surface area contributed by atoms with E-state index in [1.165, 1.54) is 13.8 Å². The van der Waals surface area contributed by atoms with Gasteiger partial charge in [-0.25, -0.2) is 9.59 Å². The summed E-state index contributed by atoms with van der Waals surface area (Å²) in [6, 6.07) is 0. The van der Waals surface area contributed by atoms with Crippen LogP contribution in [0.2, 0.25) is 0 Å². The first-order valence-electron chi connectivity index (χ1n) is 8.89. The zero-order chi connectivity index (χ0) is 23.6. The van der Waals surface area contributed by atoms with Crippen LogP contribution in [0.5, 0.6) is 0 Å². The van der Waals surface area contributed by atoms with Crippen LogP contribution in [0, 0.1) is 5.41 Å². The number of hydrogen-bond acceptors (Lipinski definition) is 8. The van der Waals surface area contributed by atoms with Gasteiger partial charge in [0.2, 0.25) is 0 Å². The molecular formula is C19H36O10. The van der Waals surface area contributed by atoms with Crippen molar-refractivity contribution in [3.8, 4) is 0 Å². The van der Waals surface area contributed by atoms with Crippen molar-refractivity contribution in [2.24, 2.45) is 5.41 Å². The Kier molecular flexibility index (Phi) is 20.0. The fraction of sp³-hybridized carbons (Fsp3) is 0.684. The quantitative estimate of drug-likeness (QED) is 0.258. The molecule has 10 heteroatoms. The Balaban J connectivity index is -0.000000316. The normalized spacial score (nSPS) is 17.8. The van der Waals surface area contributed by atoms with Gasteiger partial charge in [0.1, 0.15) is 0 Å². The molecule has 1 aliphatic rings. The van der Waals surface area contributed by atoms with Crippen LogP contribution in [-0.4, -0.2) is 91.4 Å². The minimum Gasteiger partial charge on any atom is -0.478 e. The van der Waals surface area contributed by atoms with Gasteiger partial charge in [0.15, 0.2) is 0 Å². The number of hydrogen-bond donors (Lipinski definition) is 8. The Labute approximate surface area is 171 Å². The molecule has 1 fully saturated rings. The molecule has 8 N–H and O–H groups in total. The van der Waals surface area contributed by atoms with Gasteiger partial charge in [0.05, 0.1) is 44.1 Å². The van der Waals surface area contributed by atoms with Crippen LogP contribution in [0.25, 0.3) is 0 Å². The van der Waals surface area contributed by atoms with Gasteiger partial charge >= 0.3 is 11.9 Å². The van der Waals surface area contributed by atoms with E-state index in [1.54, 1.807) is 0 Å². The second-order valence-corrected chi connectivity index (χ2v) is 6.77. The zero-order valence-electron chi connectivity index (χ0n) is 17.1.